The molecule has 8 nitrogen and oxygen atoms in total. The van der Waals surface area contributed by atoms with E-state index < -0.39 is 23.9 Å². The van der Waals surface area contributed by atoms with Crippen molar-refractivity contribution in [2.24, 2.45) is 5.92 Å². The zero-order valence-electron chi connectivity index (χ0n) is 17.6. The third-order valence-corrected chi connectivity index (χ3v) is 6.21. The Kier molecular flexibility index (Phi) is 6.62. The van der Waals surface area contributed by atoms with Crippen molar-refractivity contribution >= 4 is 33.6 Å². The van der Waals surface area contributed by atoms with Gasteiger partial charge in [-0.05, 0) is 37.0 Å². The van der Waals surface area contributed by atoms with Gasteiger partial charge in [-0.25, -0.2) is 4.79 Å². The highest BCUT2D eigenvalue weighted by Crippen LogP contribution is 2.32. The van der Waals surface area contributed by atoms with E-state index in [0.29, 0.717) is 6.42 Å². The van der Waals surface area contributed by atoms with Crippen LogP contribution in [-0.4, -0.2) is 59.5 Å². The van der Waals surface area contributed by atoms with Gasteiger partial charge in [0.25, 0.3) is 0 Å². The molecule has 1 aromatic rings. The molecule has 0 radical (unpaired) electrons. The molecule has 164 valence electrons. The van der Waals surface area contributed by atoms with Crippen molar-refractivity contribution in [1.29, 1.82) is 0 Å². The molecule has 0 aliphatic carbocycles. The lowest BCUT2D eigenvalue weighted by Gasteiger charge is -2.40. The topological polar surface area (TPSA) is 103 Å². The van der Waals surface area contributed by atoms with E-state index >= 15 is 0 Å². The molecule has 4 atom stereocenters. The molecule has 2 aliphatic heterocycles. The van der Waals surface area contributed by atoms with Crippen LogP contribution in [0.15, 0.2) is 34.9 Å². The maximum absolute atomic E-state index is 13.3. The van der Waals surface area contributed by atoms with Crippen LogP contribution in [0, 0.1) is 5.92 Å². The molecule has 2 heterocycles. The molecule has 0 aromatic heterocycles. The lowest BCUT2D eigenvalue weighted by atomic mass is 9.97. The summed E-state index contributed by atoms with van der Waals surface area (Å²) >= 11 is 3.44. The summed E-state index contributed by atoms with van der Waals surface area (Å²) in [6.45, 7) is 5.90. The number of nitrogens with one attached hydrogen (secondary N) is 3. The average molecular weight is 481 g/mol. The summed E-state index contributed by atoms with van der Waals surface area (Å²) < 4.78 is 5.67. The highest BCUT2D eigenvalue weighted by molar-refractivity contribution is 9.10. The summed E-state index contributed by atoms with van der Waals surface area (Å²) in [5.41, 5.74) is 1.26. The standard InChI is InChI=1S/C21H29BrN4O4/c1-12(2)18(24-20(29)30-4)19(28)26-11-15(27)9-17(26)21(3)23-10-16(25-21)13-5-7-14(22)8-6-13/h5-8,10,12,15,17-18,23,25,27H,9,11H2,1-4H3,(H,24,29)/t15?,17-,18-,21?/m0/s1. The summed E-state index contributed by atoms with van der Waals surface area (Å²) in [6.07, 6.45) is 1.03. The van der Waals surface area contributed by atoms with Crippen molar-refractivity contribution in [3.8, 4) is 0 Å². The van der Waals surface area contributed by atoms with Crippen molar-refractivity contribution in [2.45, 2.75) is 51.0 Å². The predicted octanol–water partition coefficient (Wildman–Crippen LogP) is 2.00. The highest BCUT2D eigenvalue weighted by Gasteiger charge is 2.49. The number of aliphatic hydroxyl groups is 1. The first kappa shape index (κ1) is 22.4. The van der Waals surface area contributed by atoms with Gasteiger partial charge in [0.1, 0.15) is 11.7 Å². The van der Waals surface area contributed by atoms with Crippen LogP contribution >= 0.6 is 15.9 Å². The molecule has 0 spiro atoms. The van der Waals surface area contributed by atoms with E-state index in [4.69, 9.17) is 0 Å². The van der Waals surface area contributed by atoms with E-state index in [1.165, 1.54) is 7.11 Å². The molecule has 4 N–H and O–H groups in total. The van der Waals surface area contributed by atoms with Crippen LogP contribution in [0.3, 0.4) is 0 Å². The number of alkyl carbamates (subject to hydrolysis) is 1. The van der Waals surface area contributed by atoms with Gasteiger partial charge in [-0.1, -0.05) is 41.9 Å². The quantitative estimate of drug-likeness (QED) is 0.513. The van der Waals surface area contributed by atoms with Crippen LogP contribution in [0.1, 0.15) is 32.8 Å². The fourth-order valence-corrected chi connectivity index (χ4v) is 4.29. The van der Waals surface area contributed by atoms with Gasteiger partial charge in [0, 0.05) is 17.2 Å². The van der Waals surface area contributed by atoms with Gasteiger partial charge >= 0.3 is 6.09 Å². The first-order valence-electron chi connectivity index (χ1n) is 9.99. The van der Waals surface area contributed by atoms with Crippen LogP contribution in [0.5, 0.6) is 0 Å². The molecule has 3 rings (SSSR count). The van der Waals surface area contributed by atoms with Gasteiger partial charge in [0.2, 0.25) is 5.91 Å². The Morgan fingerprint density at radius 3 is 2.60 bits per heavy atom. The third-order valence-electron chi connectivity index (χ3n) is 5.69. The number of aliphatic hydroxyl groups excluding tert-OH is 1. The van der Waals surface area contributed by atoms with E-state index in [1.54, 1.807) is 4.90 Å². The number of carbonyl (C=O) groups is 2. The number of methoxy groups -OCH3 is 1. The molecule has 1 fully saturated rings. The summed E-state index contributed by atoms with van der Waals surface area (Å²) in [5.74, 6) is -0.373. The molecular formula is C21H29BrN4O4. The molecule has 2 aliphatic rings. The maximum Gasteiger partial charge on any atom is 0.407 e. The Hall–Kier alpha value is -2.26. The number of β-amino-alcohol motifs (C(OH)–C–C–N with tert-alkyl or cyclic N) is 1. The molecular weight excluding hydrogens is 452 g/mol. The van der Waals surface area contributed by atoms with Crippen LogP contribution in [-0.2, 0) is 9.53 Å². The molecule has 0 bridgehead atoms. The highest BCUT2D eigenvalue weighted by atomic mass is 79.9. The minimum absolute atomic E-state index is 0.135. The fourth-order valence-electron chi connectivity index (χ4n) is 4.02. The van der Waals surface area contributed by atoms with Crippen molar-refractivity contribution in [3.05, 3.63) is 40.5 Å². The van der Waals surface area contributed by atoms with Crippen molar-refractivity contribution in [3.63, 3.8) is 0 Å². The minimum atomic E-state index is -0.742. The van der Waals surface area contributed by atoms with Gasteiger partial charge in [0.15, 0.2) is 0 Å². The van der Waals surface area contributed by atoms with E-state index in [-0.39, 0.29) is 24.4 Å². The van der Waals surface area contributed by atoms with Crippen molar-refractivity contribution in [2.75, 3.05) is 13.7 Å². The van der Waals surface area contributed by atoms with E-state index in [1.807, 2.05) is 51.2 Å². The second kappa shape index (κ2) is 8.85. The monoisotopic (exact) mass is 480 g/mol. The normalized spacial score (nSPS) is 26.6. The molecule has 9 heteroatoms. The zero-order valence-corrected chi connectivity index (χ0v) is 19.2. The van der Waals surface area contributed by atoms with E-state index in [9.17, 15) is 14.7 Å². The lowest BCUT2D eigenvalue weighted by molar-refractivity contribution is -0.137. The van der Waals surface area contributed by atoms with Gasteiger partial charge in [-0.2, -0.15) is 0 Å². The van der Waals surface area contributed by atoms with Crippen molar-refractivity contribution < 1.29 is 19.4 Å². The number of amides is 2. The van der Waals surface area contributed by atoms with E-state index in [2.05, 4.69) is 36.6 Å². The largest absolute Gasteiger partial charge is 0.453 e. The lowest BCUT2D eigenvalue weighted by Crippen LogP contribution is -2.63. The second-order valence-electron chi connectivity index (χ2n) is 8.29. The number of carbonyl (C=O) groups excluding carboxylic acids is 2. The maximum atomic E-state index is 13.3. The molecule has 1 saturated heterocycles. The smallest absolute Gasteiger partial charge is 0.407 e. The first-order valence-corrected chi connectivity index (χ1v) is 10.8. The van der Waals surface area contributed by atoms with Crippen LogP contribution in [0.25, 0.3) is 5.70 Å². The number of benzene rings is 1. The number of ether oxygens (including phenoxy) is 1. The number of hydrogen-bond acceptors (Lipinski definition) is 6. The summed E-state index contributed by atoms with van der Waals surface area (Å²) in [6, 6.07) is 6.87. The molecule has 1 aromatic carbocycles. The predicted molar refractivity (Wildman–Crippen MR) is 117 cm³/mol. The fraction of sp³-hybridized carbons (Fsp3) is 0.524. The number of halogens is 1. The number of hydrogen-bond donors (Lipinski definition) is 4. The average Bonchev–Trinajstić information content (AvgIpc) is 3.30. The van der Waals surface area contributed by atoms with Gasteiger partial charge < -0.3 is 30.7 Å². The zero-order chi connectivity index (χ0) is 22.1. The Balaban J connectivity index is 1.79. The Morgan fingerprint density at radius 1 is 1.33 bits per heavy atom. The van der Waals surface area contributed by atoms with E-state index in [0.717, 1.165) is 15.7 Å². The summed E-state index contributed by atoms with van der Waals surface area (Å²) in [7, 11) is 1.27. The third kappa shape index (κ3) is 4.57. The minimum Gasteiger partial charge on any atom is -0.453 e. The van der Waals surface area contributed by atoms with Crippen LogP contribution in [0.4, 0.5) is 4.79 Å². The summed E-state index contributed by atoms with van der Waals surface area (Å²) in [4.78, 5) is 26.8. The molecule has 30 heavy (non-hydrogen) atoms. The Morgan fingerprint density at radius 2 is 2.00 bits per heavy atom. The molecule has 0 saturated carbocycles. The Bertz CT molecular complexity index is 829. The van der Waals surface area contributed by atoms with Crippen molar-refractivity contribution in [1.82, 2.24) is 20.9 Å². The van der Waals surface area contributed by atoms with Crippen LogP contribution < -0.4 is 16.0 Å². The number of likely N-dealkylation sites (tertiary alicyclic amines) is 1. The van der Waals surface area contributed by atoms with Gasteiger partial charge in [0.05, 0.1) is 25.0 Å². The number of nitrogens with zero attached hydrogens (tertiary/aromatic N) is 1. The SMILES string of the molecule is COC(=O)N[C@H](C(=O)N1CC(O)C[C@H]1C1(C)NC=C(c2ccc(Br)cc2)N1)C(C)C. The Labute approximate surface area is 185 Å². The second-order valence-corrected chi connectivity index (χ2v) is 9.21. The van der Waals surface area contributed by atoms with Gasteiger partial charge in [-0.15, -0.1) is 0 Å². The molecule has 2 unspecified atom stereocenters. The van der Waals surface area contributed by atoms with Gasteiger partial charge in [-0.3, -0.25) is 4.79 Å². The first-order chi connectivity index (χ1) is 14.1. The summed E-state index contributed by atoms with van der Waals surface area (Å²) in [5, 5.41) is 19.9. The number of rotatable bonds is 5. The molecule has 2 amide bonds. The van der Waals surface area contributed by atoms with Crippen LogP contribution in [0.2, 0.25) is 0 Å².